The fourth-order valence-corrected chi connectivity index (χ4v) is 3.68. The molecule has 0 radical (unpaired) electrons. The zero-order valence-electron chi connectivity index (χ0n) is 12.6. The maximum absolute atomic E-state index is 10.3. The number of rotatable bonds is 4. The molecule has 2 fully saturated rings. The van der Waals surface area contributed by atoms with Crippen molar-refractivity contribution in [3.63, 3.8) is 0 Å². The van der Waals surface area contributed by atoms with E-state index in [2.05, 4.69) is 29.0 Å². The van der Waals surface area contributed by atoms with E-state index in [1.807, 2.05) is 0 Å². The van der Waals surface area contributed by atoms with Gasteiger partial charge in [0.2, 0.25) is 0 Å². The Bertz CT molecular complexity index is 244. The summed E-state index contributed by atoms with van der Waals surface area (Å²) in [6, 6.07) is 0. The molecule has 2 saturated heterocycles. The minimum absolute atomic E-state index is 0.199. The van der Waals surface area contributed by atoms with Gasteiger partial charge in [-0.2, -0.15) is 0 Å². The van der Waals surface area contributed by atoms with E-state index in [0.717, 1.165) is 64.2 Å². The lowest BCUT2D eigenvalue weighted by Gasteiger charge is -2.36. The summed E-state index contributed by atoms with van der Waals surface area (Å²) < 4.78 is 0. The Morgan fingerprint density at radius 3 is 2.47 bits per heavy atom. The van der Waals surface area contributed by atoms with Crippen LogP contribution in [0.4, 0.5) is 0 Å². The van der Waals surface area contributed by atoms with Gasteiger partial charge in [0.15, 0.2) is 0 Å². The molecular weight excluding hydrogens is 238 g/mol. The second kappa shape index (κ2) is 7.58. The van der Waals surface area contributed by atoms with Crippen LogP contribution in [0.15, 0.2) is 0 Å². The van der Waals surface area contributed by atoms with Crippen molar-refractivity contribution >= 4 is 0 Å². The first kappa shape index (κ1) is 15.2. The van der Waals surface area contributed by atoms with E-state index >= 15 is 0 Å². The van der Waals surface area contributed by atoms with Gasteiger partial charge in [-0.15, -0.1) is 0 Å². The summed E-state index contributed by atoms with van der Waals surface area (Å²) in [5, 5.41) is 13.7. The highest BCUT2D eigenvalue weighted by Crippen LogP contribution is 2.20. The van der Waals surface area contributed by atoms with Gasteiger partial charge >= 0.3 is 0 Å². The normalized spacial score (nSPS) is 33.0. The quantitative estimate of drug-likeness (QED) is 0.785. The molecule has 2 heterocycles. The second-order valence-corrected chi connectivity index (χ2v) is 6.72. The Morgan fingerprint density at radius 2 is 1.74 bits per heavy atom. The molecule has 0 aromatic carbocycles. The SMILES string of the molecule is C[C@@H]1C[C@@H](C)CN(C[C@H](O)CN2CCCNCC2)C1. The topological polar surface area (TPSA) is 38.7 Å². The molecule has 0 aromatic rings. The molecule has 2 N–H and O–H groups in total. The summed E-state index contributed by atoms with van der Waals surface area (Å²) in [4.78, 5) is 4.86. The lowest BCUT2D eigenvalue weighted by Crippen LogP contribution is -2.46. The number of aliphatic hydroxyl groups is 1. The van der Waals surface area contributed by atoms with Crippen molar-refractivity contribution in [3.8, 4) is 0 Å². The molecule has 2 aliphatic heterocycles. The van der Waals surface area contributed by atoms with Crippen LogP contribution < -0.4 is 5.32 Å². The van der Waals surface area contributed by atoms with Crippen molar-refractivity contribution in [2.24, 2.45) is 11.8 Å². The largest absolute Gasteiger partial charge is 0.390 e. The zero-order valence-corrected chi connectivity index (χ0v) is 12.6. The maximum Gasteiger partial charge on any atom is 0.0793 e. The van der Waals surface area contributed by atoms with E-state index in [1.165, 1.54) is 12.8 Å². The van der Waals surface area contributed by atoms with Gasteiger partial charge in [0.1, 0.15) is 0 Å². The van der Waals surface area contributed by atoms with Gasteiger partial charge in [0, 0.05) is 39.3 Å². The van der Waals surface area contributed by atoms with Crippen molar-refractivity contribution in [2.45, 2.75) is 32.8 Å². The first-order chi connectivity index (χ1) is 9.13. The summed E-state index contributed by atoms with van der Waals surface area (Å²) in [5.41, 5.74) is 0. The smallest absolute Gasteiger partial charge is 0.0793 e. The minimum atomic E-state index is -0.199. The molecule has 2 rings (SSSR count). The monoisotopic (exact) mass is 269 g/mol. The van der Waals surface area contributed by atoms with E-state index in [9.17, 15) is 5.11 Å². The van der Waals surface area contributed by atoms with Gasteiger partial charge < -0.3 is 15.3 Å². The third-order valence-corrected chi connectivity index (χ3v) is 4.32. The zero-order chi connectivity index (χ0) is 13.7. The number of nitrogens with one attached hydrogen (secondary N) is 1. The predicted octanol–water partition coefficient (Wildman–Crippen LogP) is 0.621. The summed E-state index contributed by atoms with van der Waals surface area (Å²) in [7, 11) is 0. The van der Waals surface area contributed by atoms with Gasteiger partial charge in [-0.05, 0) is 37.8 Å². The van der Waals surface area contributed by atoms with Gasteiger partial charge in [-0.1, -0.05) is 13.8 Å². The molecule has 0 aliphatic carbocycles. The molecular formula is C15H31N3O. The molecule has 0 saturated carbocycles. The van der Waals surface area contributed by atoms with Crippen LogP contribution in [-0.4, -0.2) is 73.4 Å². The average molecular weight is 269 g/mol. The predicted molar refractivity (Wildman–Crippen MR) is 79.3 cm³/mol. The lowest BCUT2D eigenvalue weighted by molar-refractivity contribution is 0.0487. The van der Waals surface area contributed by atoms with Crippen LogP contribution in [0.25, 0.3) is 0 Å². The summed E-state index contributed by atoms with van der Waals surface area (Å²) in [6.07, 6.45) is 2.34. The van der Waals surface area contributed by atoms with Gasteiger partial charge in [0.25, 0.3) is 0 Å². The molecule has 0 unspecified atom stereocenters. The highest BCUT2D eigenvalue weighted by atomic mass is 16.3. The molecule has 3 atom stereocenters. The number of likely N-dealkylation sites (tertiary alicyclic amines) is 1. The van der Waals surface area contributed by atoms with Crippen molar-refractivity contribution < 1.29 is 5.11 Å². The van der Waals surface area contributed by atoms with E-state index in [-0.39, 0.29) is 6.10 Å². The third-order valence-electron chi connectivity index (χ3n) is 4.32. The standard InChI is InChI=1S/C15H31N3O/c1-13-8-14(2)10-18(9-13)12-15(19)11-17-6-3-4-16-5-7-17/h13-16,19H,3-12H2,1-2H3/t13-,14-,15-/m1/s1. The Morgan fingerprint density at radius 1 is 1.05 bits per heavy atom. The first-order valence-corrected chi connectivity index (χ1v) is 7.97. The fraction of sp³-hybridized carbons (Fsp3) is 1.00. The molecule has 0 aromatic heterocycles. The number of piperidine rings is 1. The van der Waals surface area contributed by atoms with E-state index in [1.54, 1.807) is 0 Å². The van der Waals surface area contributed by atoms with Crippen molar-refractivity contribution in [1.29, 1.82) is 0 Å². The number of hydrogen-bond acceptors (Lipinski definition) is 4. The fourth-order valence-electron chi connectivity index (χ4n) is 3.68. The summed E-state index contributed by atoms with van der Waals surface area (Å²) in [5.74, 6) is 1.55. The lowest BCUT2D eigenvalue weighted by atomic mass is 9.92. The third kappa shape index (κ3) is 5.38. The number of nitrogens with zero attached hydrogens (tertiary/aromatic N) is 2. The highest BCUT2D eigenvalue weighted by Gasteiger charge is 2.24. The number of aliphatic hydroxyl groups excluding tert-OH is 1. The molecule has 0 spiro atoms. The Kier molecular flexibility index (Phi) is 6.07. The van der Waals surface area contributed by atoms with Gasteiger partial charge in [-0.3, -0.25) is 4.90 Å². The molecule has 4 heteroatoms. The van der Waals surface area contributed by atoms with Crippen molar-refractivity contribution in [3.05, 3.63) is 0 Å². The van der Waals surface area contributed by atoms with Gasteiger partial charge in [-0.25, -0.2) is 0 Å². The number of β-amino-alcohol motifs (C(OH)–C–C–N with tert-alkyl or cyclic N) is 1. The summed E-state index contributed by atoms with van der Waals surface area (Å²) >= 11 is 0. The maximum atomic E-state index is 10.3. The molecule has 0 bridgehead atoms. The van der Waals surface area contributed by atoms with Gasteiger partial charge in [0.05, 0.1) is 6.10 Å². The van der Waals surface area contributed by atoms with E-state index in [4.69, 9.17) is 0 Å². The minimum Gasteiger partial charge on any atom is -0.390 e. The Labute approximate surface area is 118 Å². The molecule has 19 heavy (non-hydrogen) atoms. The molecule has 4 nitrogen and oxygen atoms in total. The summed E-state index contributed by atoms with van der Waals surface area (Å²) in [6.45, 7) is 13.0. The molecule has 0 amide bonds. The van der Waals surface area contributed by atoms with Crippen molar-refractivity contribution in [1.82, 2.24) is 15.1 Å². The van der Waals surface area contributed by atoms with Crippen LogP contribution in [0.3, 0.4) is 0 Å². The average Bonchev–Trinajstić information content (AvgIpc) is 2.55. The van der Waals surface area contributed by atoms with Crippen molar-refractivity contribution in [2.75, 3.05) is 52.4 Å². The Balaban J connectivity index is 1.72. The van der Waals surface area contributed by atoms with Crippen LogP contribution in [0.2, 0.25) is 0 Å². The van der Waals surface area contributed by atoms with Crippen LogP contribution >= 0.6 is 0 Å². The number of hydrogen-bond donors (Lipinski definition) is 2. The van der Waals surface area contributed by atoms with E-state index in [0.29, 0.717) is 0 Å². The molecule has 112 valence electrons. The van der Waals surface area contributed by atoms with Crippen LogP contribution in [0.5, 0.6) is 0 Å². The Hall–Kier alpha value is -0.160. The van der Waals surface area contributed by atoms with Crippen LogP contribution in [-0.2, 0) is 0 Å². The first-order valence-electron chi connectivity index (χ1n) is 7.97. The van der Waals surface area contributed by atoms with E-state index < -0.39 is 0 Å². The van der Waals surface area contributed by atoms with Crippen LogP contribution in [0.1, 0.15) is 26.7 Å². The molecule has 2 aliphatic rings. The highest BCUT2D eigenvalue weighted by molar-refractivity contribution is 4.78. The van der Waals surface area contributed by atoms with Crippen LogP contribution in [0, 0.1) is 11.8 Å². The second-order valence-electron chi connectivity index (χ2n) is 6.72.